The van der Waals surface area contributed by atoms with E-state index in [1.807, 2.05) is 30.3 Å². The van der Waals surface area contributed by atoms with Crippen molar-refractivity contribution in [3.05, 3.63) is 45.9 Å². The van der Waals surface area contributed by atoms with Crippen molar-refractivity contribution >= 4 is 11.3 Å². The quantitative estimate of drug-likeness (QED) is 0.829. The van der Waals surface area contributed by atoms with E-state index in [9.17, 15) is 0 Å². The predicted octanol–water partition coefficient (Wildman–Crippen LogP) is 2.74. The van der Waals surface area contributed by atoms with Crippen LogP contribution in [0.25, 0.3) is 0 Å². The van der Waals surface area contributed by atoms with Crippen LogP contribution in [-0.2, 0) is 18.0 Å². The van der Waals surface area contributed by atoms with Crippen LogP contribution in [0.15, 0.2) is 30.3 Å². The minimum absolute atomic E-state index is 0.352. The summed E-state index contributed by atoms with van der Waals surface area (Å²) in [6.07, 6.45) is 0. The molecular weight excluding hydrogens is 248 g/mol. The molecule has 4 nitrogen and oxygen atoms in total. The fraction of sp³-hybridized carbons (Fsp3) is 0.231. The summed E-state index contributed by atoms with van der Waals surface area (Å²) in [6, 6.07) is 11.6. The Morgan fingerprint density at radius 3 is 2.72 bits per heavy atom. The number of hydrogen-bond acceptors (Lipinski definition) is 5. The van der Waals surface area contributed by atoms with Crippen molar-refractivity contribution in [1.29, 1.82) is 5.26 Å². The van der Waals surface area contributed by atoms with Gasteiger partial charge in [0.25, 0.3) is 0 Å². The molecule has 18 heavy (non-hydrogen) atoms. The summed E-state index contributed by atoms with van der Waals surface area (Å²) in [5, 5.41) is 9.75. The Hall–Kier alpha value is -1.90. The number of nitriles is 1. The highest BCUT2D eigenvalue weighted by molar-refractivity contribution is 7.12. The van der Waals surface area contributed by atoms with Gasteiger partial charge in [0.1, 0.15) is 28.3 Å². The van der Waals surface area contributed by atoms with Gasteiger partial charge < -0.3 is 9.47 Å². The maximum absolute atomic E-state index is 8.97. The zero-order valence-electron chi connectivity index (χ0n) is 9.92. The van der Waals surface area contributed by atoms with Crippen LogP contribution in [-0.4, -0.2) is 12.1 Å². The Balaban J connectivity index is 2.04. The van der Waals surface area contributed by atoms with Crippen molar-refractivity contribution in [3.63, 3.8) is 0 Å². The molecule has 0 fully saturated rings. The Kier molecular flexibility index (Phi) is 4.29. The average Bonchev–Trinajstić information content (AvgIpc) is 2.80. The summed E-state index contributed by atoms with van der Waals surface area (Å²) >= 11 is 1.34. The molecule has 0 unspecified atom stereocenters. The molecule has 2 rings (SSSR count). The minimum atomic E-state index is 0.352. The molecule has 0 aliphatic rings. The molecule has 0 atom stereocenters. The average molecular weight is 260 g/mol. The van der Waals surface area contributed by atoms with Crippen LogP contribution in [0.1, 0.15) is 15.6 Å². The first kappa shape index (κ1) is 12.6. The lowest BCUT2D eigenvalue weighted by molar-refractivity contribution is 0.181. The summed E-state index contributed by atoms with van der Waals surface area (Å²) in [6.45, 7) is 0.720. The fourth-order valence-corrected chi connectivity index (χ4v) is 2.22. The van der Waals surface area contributed by atoms with Crippen molar-refractivity contribution in [2.45, 2.75) is 13.2 Å². The lowest BCUT2D eigenvalue weighted by Gasteiger charge is -2.02. The lowest BCUT2D eigenvalue weighted by atomic mass is 10.3. The van der Waals surface area contributed by atoms with Gasteiger partial charge in [0.15, 0.2) is 0 Å². The zero-order chi connectivity index (χ0) is 12.8. The number of ether oxygens (including phenoxy) is 2. The van der Waals surface area contributed by atoms with E-state index in [1.165, 1.54) is 11.3 Å². The van der Waals surface area contributed by atoms with Crippen molar-refractivity contribution in [2.75, 3.05) is 7.11 Å². The van der Waals surface area contributed by atoms with Crippen LogP contribution < -0.4 is 4.74 Å². The van der Waals surface area contributed by atoms with E-state index in [2.05, 4.69) is 11.1 Å². The Morgan fingerprint density at radius 2 is 2.06 bits per heavy atom. The van der Waals surface area contributed by atoms with Crippen molar-refractivity contribution in [1.82, 2.24) is 4.98 Å². The van der Waals surface area contributed by atoms with E-state index in [4.69, 9.17) is 14.7 Å². The number of nitrogens with zero attached hydrogens (tertiary/aromatic N) is 2. The lowest BCUT2D eigenvalue weighted by Crippen LogP contribution is -1.96. The number of para-hydroxylation sites is 1. The number of aromatic nitrogens is 1. The van der Waals surface area contributed by atoms with Crippen LogP contribution >= 0.6 is 11.3 Å². The first-order chi connectivity index (χ1) is 8.83. The summed E-state index contributed by atoms with van der Waals surface area (Å²) < 4.78 is 10.6. The Labute approximate surface area is 109 Å². The fourth-order valence-electron chi connectivity index (χ4n) is 1.45. The molecule has 5 heteroatoms. The van der Waals surface area contributed by atoms with Crippen LogP contribution in [0.5, 0.6) is 5.75 Å². The molecule has 0 bridgehead atoms. The number of hydrogen-bond donors (Lipinski definition) is 0. The molecule has 0 saturated heterocycles. The topological polar surface area (TPSA) is 55.1 Å². The second kappa shape index (κ2) is 6.15. The molecule has 0 spiro atoms. The molecule has 2 aromatic rings. The predicted molar refractivity (Wildman–Crippen MR) is 68.3 cm³/mol. The third-order valence-corrected chi connectivity index (χ3v) is 3.21. The third kappa shape index (κ3) is 3.06. The Bertz CT molecular complexity index is 546. The van der Waals surface area contributed by atoms with Crippen LogP contribution in [0.2, 0.25) is 0 Å². The summed E-state index contributed by atoms with van der Waals surface area (Å²) in [4.78, 5) is 4.92. The summed E-state index contributed by atoms with van der Waals surface area (Å²) in [5.41, 5.74) is 0.677. The van der Waals surface area contributed by atoms with Gasteiger partial charge in [-0.15, -0.1) is 11.3 Å². The highest BCUT2D eigenvalue weighted by atomic mass is 32.1. The van der Waals surface area contributed by atoms with Crippen molar-refractivity contribution in [2.24, 2.45) is 0 Å². The molecule has 1 heterocycles. The third-order valence-electron chi connectivity index (χ3n) is 2.23. The van der Waals surface area contributed by atoms with Gasteiger partial charge in [-0.1, -0.05) is 18.2 Å². The van der Waals surface area contributed by atoms with Gasteiger partial charge in [-0.05, 0) is 12.1 Å². The maximum Gasteiger partial charge on any atom is 0.140 e. The molecule has 0 aliphatic heterocycles. The molecule has 92 valence electrons. The molecule has 0 N–H and O–H groups in total. The van der Waals surface area contributed by atoms with Crippen LogP contribution in [0, 0.1) is 11.3 Å². The number of rotatable bonds is 5. The molecular formula is C13H12N2O2S. The van der Waals surface area contributed by atoms with E-state index in [1.54, 1.807) is 7.11 Å². The molecule has 0 saturated carbocycles. The highest BCUT2D eigenvalue weighted by Crippen LogP contribution is 2.20. The number of methoxy groups -OCH3 is 1. The van der Waals surface area contributed by atoms with E-state index < -0.39 is 0 Å². The van der Waals surface area contributed by atoms with E-state index in [-0.39, 0.29) is 0 Å². The SMILES string of the molecule is COCc1nc(COc2ccccc2)sc1C#N. The number of benzene rings is 1. The van der Waals surface area contributed by atoms with Gasteiger partial charge in [0, 0.05) is 7.11 Å². The van der Waals surface area contributed by atoms with Crippen molar-refractivity contribution in [3.8, 4) is 11.8 Å². The first-order valence-electron chi connectivity index (χ1n) is 5.39. The van der Waals surface area contributed by atoms with Gasteiger partial charge in [0.05, 0.1) is 12.3 Å². The van der Waals surface area contributed by atoms with Gasteiger partial charge in [0.2, 0.25) is 0 Å². The Morgan fingerprint density at radius 1 is 1.28 bits per heavy atom. The first-order valence-corrected chi connectivity index (χ1v) is 6.20. The zero-order valence-corrected chi connectivity index (χ0v) is 10.7. The van der Waals surface area contributed by atoms with Gasteiger partial charge in [-0.2, -0.15) is 5.26 Å². The molecule has 1 aromatic carbocycles. The van der Waals surface area contributed by atoms with Gasteiger partial charge >= 0.3 is 0 Å². The smallest absolute Gasteiger partial charge is 0.140 e. The molecule has 0 radical (unpaired) electrons. The number of thiazole rings is 1. The molecule has 0 aliphatic carbocycles. The standard InChI is InChI=1S/C13H12N2O2S/c1-16-8-11-12(7-14)18-13(15-11)9-17-10-5-3-2-4-6-10/h2-6H,8-9H2,1H3. The van der Waals surface area contributed by atoms with Gasteiger partial charge in [-0.25, -0.2) is 4.98 Å². The second-order valence-corrected chi connectivity index (χ2v) is 4.61. The maximum atomic E-state index is 8.97. The van der Waals surface area contributed by atoms with Gasteiger partial charge in [-0.3, -0.25) is 0 Å². The normalized spacial score (nSPS) is 10.0. The molecule has 1 aromatic heterocycles. The highest BCUT2D eigenvalue weighted by Gasteiger charge is 2.10. The van der Waals surface area contributed by atoms with Crippen LogP contribution in [0.3, 0.4) is 0 Å². The summed E-state index contributed by atoms with van der Waals surface area (Å²) in [7, 11) is 1.58. The van der Waals surface area contributed by atoms with E-state index >= 15 is 0 Å². The van der Waals surface area contributed by atoms with Crippen LogP contribution in [0.4, 0.5) is 0 Å². The van der Waals surface area contributed by atoms with E-state index in [0.717, 1.165) is 10.8 Å². The largest absolute Gasteiger partial charge is 0.486 e. The summed E-state index contributed by atoms with van der Waals surface area (Å²) in [5.74, 6) is 0.791. The monoisotopic (exact) mass is 260 g/mol. The van der Waals surface area contributed by atoms with Crippen molar-refractivity contribution < 1.29 is 9.47 Å². The second-order valence-electron chi connectivity index (χ2n) is 3.53. The minimum Gasteiger partial charge on any atom is -0.486 e. The molecule has 0 amide bonds. The van der Waals surface area contributed by atoms with E-state index in [0.29, 0.717) is 23.8 Å².